The standard InChI is InChI=1S/C20H23N3OS/c1-14-17-13-18(19(24)21-15-9-5-2-3-6-10-15)25-20(17)23(22-14)16-11-7-4-8-12-16/h4,7-8,11-13,15H,2-3,5-6,9-10H2,1H3,(H,21,24). The minimum Gasteiger partial charge on any atom is -0.349 e. The molecule has 2 heterocycles. The van der Waals surface area contributed by atoms with Gasteiger partial charge in [0.15, 0.2) is 0 Å². The van der Waals surface area contributed by atoms with Gasteiger partial charge in [-0.15, -0.1) is 11.3 Å². The summed E-state index contributed by atoms with van der Waals surface area (Å²) < 4.78 is 1.94. The first-order valence-corrected chi connectivity index (χ1v) is 9.89. The highest BCUT2D eigenvalue weighted by atomic mass is 32.1. The fraction of sp³-hybridized carbons (Fsp3) is 0.400. The van der Waals surface area contributed by atoms with Crippen LogP contribution in [0.15, 0.2) is 36.4 Å². The number of nitrogens with zero attached hydrogens (tertiary/aromatic N) is 2. The fourth-order valence-corrected chi connectivity index (χ4v) is 4.67. The van der Waals surface area contributed by atoms with Crippen LogP contribution in [0.2, 0.25) is 0 Å². The molecule has 0 spiro atoms. The second-order valence-electron chi connectivity index (χ2n) is 6.82. The Morgan fingerprint density at radius 2 is 1.88 bits per heavy atom. The molecular formula is C20H23N3OS. The lowest BCUT2D eigenvalue weighted by molar-refractivity contribution is 0.0937. The lowest BCUT2D eigenvalue weighted by atomic mass is 10.1. The molecule has 0 saturated heterocycles. The van der Waals surface area contributed by atoms with Gasteiger partial charge in [0.1, 0.15) is 4.83 Å². The molecule has 2 aromatic heterocycles. The van der Waals surface area contributed by atoms with Crippen molar-refractivity contribution in [3.63, 3.8) is 0 Å². The van der Waals surface area contributed by atoms with Crippen LogP contribution in [0.3, 0.4) is 0 Å². The highest BCUT2D eigenvalue weighted by molar-refractivity contribution is 7.20. The molecule has 1 fully saturated rings. The molecule has 4 nitrogen and oxygen atoms in total. The number of aryl methyl sites for hydroxylation is 1. The summed E-state index contributed by atoms with van der Waals surface area (Å²) in [6.07, 6.45) is 7.24. The monoisotopic (exact) mass is 353 g/mol. The van der Waals surface area contributed by atoms with Gasteiger partial charge in [-0.3, -0.25) is 4.79 Å². The van der Waals surface area contributed by atoms with Crippen LogP contribution in [-0.2, 0) is 0 Å². The van der Waals surface area contributed by atoms with Crippen LogP contribution >= 0.6 is 11.3 Å². The van der Waals surface area contributed by atoms with Crippen molar-refractivity contribution in [1.29, 1.82) is 0 Å². The molecule has 1 aliphatic carbocycles. The molecule has 1 aromatic carbocycles. The van der Waals surface area contributed by atoms with Gasteiger partial charge in [-0.1, -0.05) is 43.9 Å². The number of carbonyl (C=O) groups excluding carboxylic acids is 1. The average Bonchev–Trinajstić information content (AvgIpc) is 3.08. The Kier molecular flexibility index (Phi) is 4.57. The van der Waals surface area contributed by atoms with E-state index in [9.17, 15) is 4.79 Å². The molecule has 0 atom stereocenters. The molecule has 0 radical (unpaired) electrons. The summed E-state index contributed by atoms with van der Waals surface area (Å²) in [6.45, 7) is 2.00. The third-order valence-corrected chi connectivity index (χ3v) is 6.07. The smallest absolute Gasteiger partial charge is 0.261 e. The number of benzene rings is 1. The molecule has 1 amide bonds. The largest absolute Gasteiger partial charge is 0.349 e. The van der Waals surface area contributed by atoms with E-state index in [0.717, 1.165) is 39.3 Å². The number of hydrogen-bond acceptors (Lipinski definition) is 3. The summed E-state index contributed by atoms with van der Waals surface area (Å²) >= 11 is 1.53. The first kappa shape index (κ1) is 16.3. The first-order valence-electron chi connectivity index (χ1n) is 9.08. The van der Waals surface area contributed by atoms with E-state index < -0.39 is 0 Å². The third kappa shape index (κ3) is 3.33. The van der Waals surface area contributed by atoms with Gasteiger partial charge in [0.25, 0.3) is 5.91 Å². The molecule has 130 valence electrons. The summed E-state index contributed by atoms with van der Waals surface area (Å²) in [5.74, 6) is 0.0621. The van der Waals surface area contributed by atoms with Gasteiger partial charge >= 0.3 is 0 Å². The van der Waals surface area contributed by atoms with Gasteiger partial charge in [-0.05, 0) is 38.0 Å². The number of nitrogens with one attached hydrogen (secondary N) is 1. The van der Waals surface area contributed by atoms with Crippen LogP contribution in [0.1, 0.15) is 53.9 Å². The van der Waals surface area contributed by atoms with Crippen molar-refractivity contribution >= 4 is 27.5 Å². The number of aromatic nitrogens is 2. The van der Waals surface area contributed by atoms with E-state index in [2.05, 4.69) is 10.4 Å². The molecule has 5 heteroatoms. The Labute approximate surface area is 151 Å². The van der Waals surface area contributed by atoms with Crippen molar-refractivity contribution in [3.05, 3.63) is 47.0 Å². The molecule has 4 rings (SSSR count). The minimum atomic E-state index is 0.0621. The number of para-hydroxylation sites is 1. The normalized spacial score (nSPS) is 16.0. The second-order valence-corrected chi connectivity index (χ2v) is 7.85. The van der Waals surface area contributed by atoms with Crippen molar-refractivity contribution < 1.29 is 4.79 Å². The van der Waals surface area contributed by atoms with Crippen LogP contribution in [0.25, 0.3) is 15.9 Å². The lowest BCUT2D eigenvalue weighted by Gasteiger charge is -2.15. The van der Waals surface area contributed by atoms with Crippen molar-refractivity contribution in [3.8, 4) is 5.69 Å². The Morgan fingerprint density at radius 1 is 1.16 bits per heavy atom. The molecular weight excluding hydrogens is 330 g/mol. The van der Waals surface area contributed by atoms with Crippen molar-refractivity contribution in [1.82, 2.24) is 15.1 Å². The van der Waals surface area contributed by atoms with E-state index in [1.54, 1.807) is 0 Å². The first-order chi connectivity index (χ1) is 12.2. The number of carbonyl (C=O) groups is 1. The Hall–Kier alpha value is -2.14. The van der Waals surface area contributed by atoms with Gasteiger partial charge < -0.3 is 5.32 Å². The Balaban J connectivity index is 1.61. The summed E-state index contributed by atoms with van der Waals surface area (Å²) in [5.41, 5.74) is 1.99. The molecule has 0 unspecified atom stereocenters. The van der Waals surface area contributed by atoms with E-state index in [4.69, 9.17) is 0 Å². The number of hydrogen-bond donors (Lipinski definition) is 1. The quantitative estimate of drug-likeness (QED) is 0.684. The van der Waals surface area contributed by atoms with Gasteiger partial charge in [-0.25, -0.2) is 4.68 Å². The molecule has 3 aromatic rings. The minimum absolute atomic E-state index is 0.0621. The van der Waals surface area contributed by atoms with Crippen molar-refractivity contribution in [2.24, 2.45) is 0 Å². The molecule has 0 bridgehead atoms. The number of rotatable bonds is 3. The second kappa shape index (κ2) is 7.00. The highest BCUT2D eigenvalue weighted by Gasteiger charge is 2.20. The predicted molar refractivity (Wildman–Crippen MR) is 103 cm³/mol. The van der Waals surface area contributed by atoms with Crippen LogP contribution in [0, 0.1) is 6.92 Å². The Bertz CT molecular complexity index is 873. The summed E-state index contributed by atoms with van der Waals surface area (Å²) in [7, 11) is 0. The van der Waals surface area contributed by atoms with E-state index >= 15 is 0 Å². The van der Waals surface area contributed by atoms with Crippen LogP contribution in [0.5, 0.6) is 0 Å². The van der Waals surface area contributed by atoms with Crippen LogP contribution < -0.4 is 5.32 Å². The zero-order chi connectivity index (χ0) is 17.2. The lowest BCUT2D eigenvalue weighted by Crippen LogP contribution is -2.33. The van der Waals surface area contributed by atoms with E-state index in [0.29, 0.717) is 6.04 Å². The molecule has 0 aliphatic heterocycles. The maximum Gasteiger partial charge on any atom is 0.261 e. The Morgan fingerprint density at radius 3 is 2.60 bits per heavy atom. The van der Waals surface area contributed by atoms with Gasteiger partial charge in [0.05, 0.1) is 16.3 Å². The van der Waals surface area contributed by atoms with Gasteiger partial charge in [0, 0.05) is 11.4 Å². The topological polar surface area (TPSA) is 46.9 Å². The summed E-state index contributed by atoms with van der Waals surface area (Å²) in [6, 6.07) is 12.4. The SMILES string of the molecule is Cc1nn(-c2ccccc2)c2sc(C(=O)NC3CCCCCC3)cc12. The van der Waals surface area contributed by atoms with Crippen LogP contribution in [0.4, 0.5) is 0 Å². The zero-order valence-corrected chi connectivity index (χ0v) is 15.3. The molecule has 25 heavy (non-hydrogen) atoms. The highest BCUT2D eigenvalue weighted by Crippen LogP contribution is 2.30. The van der Waals surface area contributed by atoms with Crippen LogP contribution in [-0.4, -0.2) is 21.7 Å². The zero-order valence-electron chi connectivity index (χ0n) is 14.5. The number of amides is 1. The summed E-state index contributed by atoms with van der Waals surface area (Å²) in [4.78, 5) is 14.5. The van der Waals surface area contributed by atoms with Gasteiger partial charge in [0.2, 0.25) is 0 Å². The fourth-order valence-electron chi connectivity index (χ4n) is 3.58. The van der Waals surface area contributed by atoms with Crippen molar-refractivity contribution in [2.75, 3.05) is 0 Å². The van der Waals surface area contributed by atoms with Crippen molar-refractivity contribution in [2.45, 2.75) is 51.5 Å². The maximum atomic E-state index is 12.7. The van der Waals surface area contributed by atoms with E-state index in [-0.39, 0.29) is 5.91 Å². The average molecular weight is 353 g/mol. The van der Waals surface area contributed by atoms with E-state index in [1.165, 1.54) is 37.0 Å². The molecule has 1 aliphatic rings. The maximum absolute atomic E-state index is 12.7. The predicted octanol–water partition coefficient (Wildman–Crippen LogP) is 4.85. The van der Waals surface area contributed by atoms with E-state index in [1.807, 2.05) is 48.0 Å². The summed E-state index contributed by atoms with van der Waals surface area (Å²) in [5, 5.41) is 8.96. The number of thiophene rings is 1. The van der Waals surface area contributed by atoms with Gasteiger partial charge in [-0.2, -0.15) is 5.10 Å². The molecule has 1 N–H and O–H groups in total. The number of fused-ring (bicyclic) bond motifs is 1. The molecule has 1 saturated carbocycles. The third-order valence-electron chi connectivity index (χ3n) is 4.96.